The SMILES string of the molecule is CN(CCOc1ccccc1)C(=O)c1csc(-c2ccc(Cl)cc2)n1. The molecule has 0 N–H and O–H groups in total. The van der Waals surface area contributed by atoms with Crippen LogP contribution in [0.4, 0.5) is 0 Å². The lowest BCUT2D eigenvalue weighted by atomic mass is 10.2. The molecule has 1 aromatic heterocycles. The number of carbonyl (C=O) groups excluding carboxylic acids is 1. The van der Waals surface area contributed by atoms with Gasteiger partial charge < -0.3 is 9.64 Å². The van der Waals surface area contributed by atoms with E-state index in [-0.39, 0.29) is 5.91 Å². The molecule has 0 spiro atoms. The van der Waals surface area contributed by atoms with E-state index >= 15 is 0 Å². The minimum absolute atomic E-state index is 0.117. The Morgan fingerprint density at radius 2 is 1.88 bits per heavy atom. The number of ether oxygens (including phenoxy) is 1. The van der Waals surface area contributed by atoms with Gasteiger partial charge in [-0.25, -0.2) is 4.98 Å². The molecule has 6 heteroatoms. The van der Waals surface area contributed by atoms with Crippen molar-refractivity contribution < 1.29 is 9.53 Å². The van der Waals surface area contributed by atoms with E-state index in [4.69, 9.17) is 16.3 Å². The number of amides is 1. The predicted octanol–water partition coefficient (Wildman–Crippen LogP) is 4.61. The van der Waals surface area contributed by atoms with Crippen LogP contribution in [-0.4, -0.2) is 36.0 Å². The molecule has 0 aliphatic rings. The van der Waals surface area contributed by atoms with Crippen molar-refractivity contribution in [1.82, 2.24) is 9.88 Å². The van der Waals surface area contributed by atoms with Crippen LogP contribution in [0.25, 0.3) is 10.6 Å². The van der Waals surface area contributed by atoms with Crippen molar-refractivity contribution in [3.63, 3.8) is 0 Å². The molecule has 3 aromatic rings. The Balaban J connectivity index is 1.58. The number of carbonyl (C=O) groups is 1. The van der Waals surface area contributed by atoms with Gasteiger partial charge in [0.1, 0.15) is 23.1 Å². The van der Waals surface area contributed by atoms with Gasteiger partial charge in [-0.2, -0.15) is 0 Å². The average molecular weight is 373 g/mol. The molecular formula is C19H17ClN2O2S. The highest BCUT2D eigenvalue weighted by atomic mass is 35.5. The molecule has 0 radical (unpaired) electrons. The van der Waals surface area contributed by atoms with E-state index in [0.717, 1.165) is 16.3 Å². The molecule has 0 aliphatic carbocycles. The Morgan fingerprint density at radius 1 is 1.16 bits per heavy atom. The number of aromatic nitrogens is 1. The molecular weight excluding hydrogens is 356 g/mol. The largest absolute Gasteiger partial charge is 0.492 e. The number of thiazole rings is 1. The molecule has 25 heavy (non-hydrogen) atoms. The summed E-state index contributed by atoms with van der Waals surface area (Å²) in [5.41, 5.74) is 1.39. The summed E-state index contributed by atoms with van der Waals surface area (Å²) in [6.07, 6.45) is 0. The van der Waals surface area contributed by atoms with E-state index in [1.807, 2.05) is 54.6 Å². The maximum absolute atomic E-state index is 12.5. The van der Waals surface area contributed by atoms with Crippen molar-refractivity contribution >= 4 is 28.8 Å². The number of rotatable bonds is 6. The van der Waals surface area contributed by atoms with Gasteiger partial charge in [0.2, 0.25) is 0 Å². The molecule has 0 unspecified atom stereocenters. The van der Waals surface area contributed by atoms with Gasteiger partial charge in [0.05, 0.1) is 6.54 Å². The van der Waals surface area contributed by atoms with Crippen LogP contribution < -0.4 is 4.74 Å². The van der Waals surface area contributed by atoms with Crippen molar-refractivity contribution in [2.24, 2.45) is 0 Å². The maximum Gasteiger partial charge on any atom is 0.273 e. The van der Waals surface area contributed by atoms with Crippen LogP contribution in [0.15, 0.2) is 60.0 Å². The van der Waals surface area contributed by atoms with Crippen molar-refractivity contribution in [2.45, 2.75) is 0 Å². The van der Waals surface area contributed by atoms with Crippen LogP contribution in [0.3, 0.4) is 0 Å². The van der Waals surface area contributed by atoms with Crippen LogP contribution in [0.1, 0.15) is 10.5 Å². The summed E-state index contributed by atoms with van der Waals surface area (Å²) in [6.45, 7) is 0.919. The van der Waals surface area contributed by atoms with Crippen LogP contribution >= 0.6 is 22.9 Å². The van der Waals surface area contributed by atoms with Gasteiger partial charge in [-0.3, -0.25) is 4.79 Å². The zero-order valence-corrected chi connectivity index (χ0v) is 15.3. The smallest absolute Gasteiger partial charge is 0.273 e. The Labute approximate surface area is 155 Å². The Kier molecular flexibility index (Phi) is 5.68. The fourth-order valence-corrected chi connectivity index (χ4v) is 3.14. The van der Waals surface area contributed by atoms with Crippen LogP contribution in [0.2, 0.25) is 5.02 Å². The fourth-order valence-electron chi connectivity index (χ4n) is 2.21. The molecule has 0 bridgehead atoms. The number of para-hydroxylation sites is 1. The van der Waals surface area contributed by atoms with E-state index in [1.54, 1.807) is 17.3 Å². The standard InChI is InChI=1S/C19H17ClN2O2S/c1-22(11-12-24-16-5-3-2-4-6-16)19(23)17-13-25-18(21-17)14-7-9-15(20)10-8-14/h2-10,13H,11-12H2,1H3. The summed E-state index contributed by atoms with van der Waals surface area (Å²) in [5.74, 6) is 0.676. The molecule has 1 amide bonds. The molecule has 0 aliphatic heterocycles. The minimum atomic E-state index is -0.117. The van der Waals surface area contributed by atoms with Crippen molar-refractivity contribution in [3.8, 4) is 16.3 Å². The van der Waals surface area contributed by atoms with Gasteiger partial charge in [-0.15, -0.1) is 11.3 Å². The first kappa shape index (κ1) is 17.5. The Bertz CT molecular complexity index is 834. The van der Waals surface area contributed by atoms with Crippen molar-refractivity contribution in [2.75, 3.05) is 20.2 Å². The van der Waals surface area contributed by atoms with E-state index < -0.39 is 0 Å². The first-order valence-electron chi connectivity index (χ1n) is 7.78. The fraction of sp³-hybridized carbons (Fsp3) is 0.158. The molecule has 0 fully saturated rings. The molecule has 2 aromatic carbocycles. The Morgan fingerprint density at radius 3 is 2.60 bits per heavy atom. The number of hydrogen-bond acceptors (Lipinski definition) is 4. The van der Waals surface area contributed by atoms with E-state index in [2.05, 4.69) is 4.98 Å². The van der Waals surface area contributed by atoms with E-state index in [1.165, 1.54) is 11.3 Å². The second kappa shape index (κ2) is 8.14. The summed E-state index contributed by atoms with van der Waals surface area (Å²) in [6, 6.07) is 17.0. The molecule has 0 saturated heterocycles. The van der Waals surface area contributed by atoms with Crippen molar-refractivity contribution in [1.29, 1.82) is 0 Å². The molecule has 0 saturated carbocycles. The zero-order valence-electron chi connectivity index (χ0n) is 13.7. The third-order valence-corrected chi connectivity index (χ3v) is 4.74. The van der Waals surface area contributed by atoms with Gasteiger partial charge in [-0.1, -0.05) is 41.9 Å². The number of hydrogen-bond donors (Lipinski definition) is 0. The highest BCUT2D eigenvalue weighted by Crippen LogP contribution is 2.25. The second-order valence-electron chi connectivity index (χ2n) is 5.43. The summed E-state index contributed by atoms with van der Waals surface area (Å²) < 4.78 is 5.62. The zero-order chi connectivity index (χ0) is 17.6. The third-order valence-electron chi connectivity index (χ3n) is 3.60. The summed E-state index contributed by atoms with van der Waals surface area (Å²) in [7, 11) is 1.75. The number of halogens is 1. The summed E-state index contributed by atoms with van der Waals surface area (Å²) in [5, 5.41) is 3.25. The lowest BCUT2D eigenvalue weighted by molar-refractivity contribution is 0.0769. The highest BCUT2D eigenvalue weighted by molar-refractivity contribution is 7.13. The lowest BCUT2D eigenvalue weighted by Crippen LogP contribution is -2.31. The lowest BCUT2D eigenvalue weighted by Gasteiger charge is -2.16. The Hall–Kier alpha value is -2.37. The van der Waals surface area contributed by atoms with Crippen LogP contribution in [0, 0.1) is 0 Å². The summed E-state index contributed by atoms with van der Waals surface area (Å²) in [4.78, 5) is 18.5. The van der Waals surface area contributed by atoms with Gasteiger partial charge in [-0.05, 0) is 24.3 Å². The van der Waals surface area contributed by atoms with E-state index in [0.29, 0.717) is 23.9 Å². The molecule has 1 heterocycles. The molecule has 128 valence electrons. The normalized spacial score (nSPS) is 10.5. The highest BCUT2D eigenvalue weighted by Gasteiger charge is 2.16. The predicted molar refractivity (Wildman–Crippen MR) is 101 cm³/mol. The van der Waals surface area contributed by atoms with Crippen LogP contribution in [-0.2, 0) is 0 Å². The topological polar surface area (TPSA) is 42.4 Å². The quantitative estimate of drug-likeness (QED) is 0.634. The van der Waals surface area contributed by atoms with Gasteiger partial charge >= 0.3 is 0 Å². The number of nitrogens with zero attached hydrogens (tertiary/aromatic N) is 2. The number of benzene rings is 2. The first-order chi connectivity index (χ1) is 12.1. The van der Waals surface area contributed by atoms with Gasteiger partial charge in [0.25, 0.3) is 5.91 Å². The molecule has 0 atom stereocenters. The second-order valence-corrected chi connectivity index (χ2v) is 6.73. The molecule has 4 nitrogen and oxygen atoms in total. The van der Waals surface area contributed by atoms with Crippen molar-refractivity contribution in [3.05, 3.63) is 70.7 Å². The maximum atomic E-state index is 12.5. The number of likely N-dealkylation sites (N-methyl/N-ethyl adjacent to an activating group) is 1. The summed E-state index contributed by atoms with van der Waals surface area (Å²) >= 11 is 7.34. The van der Waals surface area contributed by atoms with Gasteiger partial charge in [0.15, 0.2) is 0 Å². The monoisotopic (exact) mass is 372 g/mol. The molecule has 3 rings (SSSR count). The minimum Gasteiger partial charge on any atom is -0.492 e. The average Bonchev–Trinajstić information content (AvgIpc) is 3.12. The first-order valence-corrected chi connectivity index (χ1v) is 9.04. The van der Waals surface area contributed by atoms with Crippen LogP contribution in [0.5, 0.6) is 5.75 Å². The third kappa shape index (κ3) is 4.59. The van der Waals surface area contributed by atoms with E-state index in [9.17, 15) is 4.79 Å². The van der Waals surface area contributed by atoms with Gasteiger partial charge in [0, 0.05) is 23.0 Å².